The van der Waals surface area contributed by atoms with Crippen LogP contribution in [0.1, 0.15) is 50.9 Å². The van der Waals surface area contributed by atoms with Crippen LogP contribution in [0.25, 0.3) is 0 Å². The van der Waals surface area contributed by atoms with Crippen LogP contribution >= 0.6 is 0 Å². The molecule has 1 N–H and O–H groups in total. The highest BCUT2D eigenvalue weighted by Crippen LogP contribution is 2.36. The van der Waals surface area contributed by atoms with Crippen LogP contribution < -0.4 is 5.43 Å². The number of aromatic nitrogens is 2. The van der Waals surface area contributed by atoms with Crippen LogP contribution in [0.4, 0.5) is 5.95 Å². The van der Waals surface area contributed by atoms with Gasteiger partial charge in [0.1, 0.15) is 0 Å². The van der Waals surface area contributed by atoms with Gasteiger partial charge in [-0.3, -0.25) is 0 Å². The van der Waals surface area contributed by atoms with Gasteiger partial charge >= 0.3 is 0 Å². The van der Waals surface area contributed by atoms with Gasteiger partial charge in [0.15, 0.2) is 0 Å². The SMILES string of the molecule is Cc1cc(C)nc(NN=C2C=C(N3CCCC3)CC(C)(C)C2)n1. The molecule has 0 aromatic carbocycles. The minimum atomic E-state index is 0.247. The summed E-state index contributed by atoms with van der Waals surface area (Å²) in [6.07, 6.45) is 6.97. The maximum absolute atomic E-state index is 4.59. The third-order valence-electron chi connectivity index (χ3n) is 4.45. The summed E-state index contributed by atoms with van der Waals surface area (Å²) in [4.78, 5) is 11.3. The number of rotatable bonds is 3. The first-order valence-corrected chi connectivity index (χ1v) is 8.52. The number of hydrogen-bond donors (Lipinski definition) is 1. The Kier molecular flexibility index (Phi) is 4.37. The van der Waals surface area contributed by atoms with Gasteiger partial charge in [-0.05, 0) is 57.1 Å². The van der Waals surface area contributed by atoms with E-state index in [4.69, 9.17) is 0 Å². The molecule has 0 saturated carbocycles. The molecular weight excluding hydrogens is 286 g/mol. The number of aryl methyl sites for hydroxylation is 2. The van der Waals surface area contributed by atoms with Gasteiger partial charge in [0.2, 0.25) is 5.95 Å². The molecule has 23 heavy (non-hydrogen) atoms. The minimum Gasteiger partial charge on any atom is -0.375 e. The normalized spacial score (nSPS) is 22.3. The summed E-state index contributed by atoms with van der Waals surface area (Å²) in [6.45, 7) is 11.0. The Morgan fingerprint density at radius 1 is 1.09 bits per heavy atom. The van der Waals surface area contributed by atoms with E-state index >= 15 is 0 Å². The molecule has 0 radical (unpaired) electrons. The topological polar surface area (TPSA) is 53.4 Å². The lowest BCUT2D eigenvalue weighted by atomic mass is 9.78. The molecule has 2 heterocycles. The molecule has 0 atom stereocenters. The quantitative estimate of drug-likeness (QED) is 0.865. The van der Waals surface area contributed by atoms with Gasteiger partial charge in [-0.25, -0.2) is 15.4 Å². The molecule has 2 aliphatic rings. The van der Waals surface area contributed by atoms with E-state index in [1.165, 1.54) is 31.6 Å². The van der Waals surface area contributed by atoms with E-state index in [-0.39, 0.29) is 5.41 Å². The van der Waals surface area contributed by atoms with Crippen LogP contribution in [0.5, 0.6) is 0 Å². The molecule has 0 bridgehead atoms. The van der Waals surface area contributed by atoms with Crippen molar-refractivity contribution in [3.05, 3.63) is 29.2 Å². The van der Waals surface area contributed by atoms with Gasteiger partial charge in [0.05, 0.1) is 5.71 Å². The summed E-state index contributed by atoms with van der Waals surface area (Å²) in [5.74, 6) is 0.578. The van der Waals surface area contributed by atoms with Crippen molar-refractivity contribution in [3.63, 3.8) is 0 Å². The lowest BCUT2D eigenvalue weighted by molar-refractivity contribution is 0.305. The smallest absolute Gasteiger partial charge is 0.243 e. The standard InChI is InChI=1S/C18H27N5/c1-13-9-14(2)20-17(19-13)22-21-15-10-16(12-18(3,4)11-15)23-7-5-6-8-23/h9-10H,5-8,11-12H2,1-4H3,(H,19,20,22). The first-order chi connectivity index (χ1) is 10.9. The number of nitrogens with one attached hydrogen (secondary N) is 1. The fraction of sp³-hybridized carbons (Fsp3) is 0.611. The van der Waals surface area contributed by atoms with Crippen LogP contribution in [-0.4, -0.2) is 33.7 Å². The van der Waals surface area contributed by atoms with Crippen LogP contribution in [0.3, 0.4) is 0 Å². The second-order valence-corrected chi connectivity index (χ2v) is 7.54. The molecule has 1 aliphatic carbocycles. The van der Waals surface area contributed by atoms with E-state index in [2.05, 4.69) is 45.3 Å². The molecule has 3 rings (SSSR count). The van der Waals surface area contributed by atoms with Gasteiger partial charge < -0.3 is 4.90 Å². The summed E-state index contributed by atoms with van der Waals surface area (Å²) < 4.78 is 0. The zero-order valence-corrected chi connectivity index (χ0v) is 14.7. The Labute approximate surface area is 138 Å². The van der Waals surface area contributed by atoms with Crippen molar-refractivity contribution in [2.75, 3.05) is 18.5 Å². The summed E-state index contributed by atoms with van der Waals surface area (Å²) in [5, 5.41) is 4.59. The van der Waals surface area contributed by atoms with Crippen molar-refractivity contribution >= 4 is 11.7 Å². The van der Waals surface area contributed by atoms with E-state index < -0.39 is 0 Å². The lowest BCUT2D eigenvalue weighted by Gasteiger charge is -2.34. The minimum absolute atomic E-state index is 0.247. The van der Waals surface area contributed by atoms with Crippen molar-refractivity contribution in [2.45, 2.75) is 53.4 Å². The largest absolute Gasteiger partial charge is 0.375 e. The molecule has 0 unspecified atom stereocenters. The fourth-order valence-corrected chi connectivity index (χ4v) is 3.51. The second kappa shape index (κ2) is 6.30. The number of allylic oxidation sites excluding steroid dienone is 2. The summed E-state index contributed by atoms with van der Waals surface area (Å²) in [5.41, 5.74) is 7.73. The number of likely N-dealkylation sites (tertiary alicyclic amines) is 1. The van der Waals surface area contributed by atoms with E-state index in [9.17, 15) is 0 Å². The number of hydrogen-bond acceptors (Lipinski definition) is 5. The van der Waals surface area contributed by atoms with Gasteiger partial charge in [-0.2, -0.15) is 5.10 Å². The van der Waals surface area contributed by atoms with Crippen molar-refractivity contribution in [1.29, 1.82) is 0 Å². The summed E-state index contributed by atoms with van der Waals surface area (Å²) in [7, 11) is 0. The van der Waals surface area contributed by atoms with Crippen molar-refractivity contribution < 1.29 is 0 Å². The number of hydrazone groups is 1. The Hall–Kier alpha value is -1.91. The molecule has 0 amide bonds. The zero-order valence-electron chi connectivity index (χ0n) is 14.7. The molecule has 0 spiro atoms. The third-order valence-corrected chi connectivity index (χ3v) is 4.45. The molecule has 5 heteroatoms. The Balaban J connectivity index is 1.80. The van der Waals surface area contributed by atoms with E-state index in [1.807, 2.05) is 19.9 Å². The third kappa shape index (κ3) is 4.09. The van der Waals surface area contributed by atoms with Crippen molar-refractivity contribution in [3.8, 4) is 0 Å². The first-order valence-electron chi connectivity index (χ1n) is 8.52. The lowest BCUT2D eigenvalue weighted by Crippen LogP contribution is -2.30. The van der Waals surface area contributed by atoms with Gasteiger partial charge in [-0.15, -0.1) is 0 Å². The first kappa shape index (κ1) is 16.0. The highest BCUT2D eigenvalue weighted by Gasteiger charge is 2.29. The number of anilines is 1. The van der Waals surface area contributed by atoms with E-state index in [1.54, 1.807) is 0 Å². The predicted octanol–water partition coefficient (Wildman–Crippen LogP) is 3.66. The number of nitrogens with zero attached hydrogens (tertiary/aromatic N) is 4. The summed E-state index contributed by atoms with van der Waals surface area (Å²) in [6, 6.07) is 1.97. The van der Waals surface area contributed by atoms with E-state index in [0.29, 0.717) is 5.95 Å². The van der Waals surface area contributed by atoms with Crippen molar-refractivity contribution in [2.24, 2.45) is 10.5 Å². The molecule has 1 aromatic heterocycles. The van der Waals surface area contributed by atoms with Gasteiger partial charge in [0, 0.05) is 30.2 Å². The summed E-state index contributed by atoms with van der Waals surface area (Å²) >= 11 is 0. The Morgan fingerprint density at radius 2 is 1.74 bits per heavy atom. The van der Waals surface area contributed by atoms with Crippen LogP contribution in [0.15, 0.2) is 22.9 Å². The highest BCUT2D eigenvalue weighted by atomic mass is 15.4. The average molecular weight is 313 g/mol. The Bertz CT molecular complexity index is 619. The predicted molar refractivity (Wildman–Crippen MR) is 94.5 cm³/mol. The molecule has 124 valence electrons. The molecular formula is C18H27N5. The maximum atomic E-state index is 4.59. The highest BCUT2D eigenvalue weighted by molar-refractivity contribution is 5.97. The molecule has 1 saturated heterocycles. The molecule has 1 fully saturated rings. The Morgan fingerprint density at radius 3 is 2.39 bits per heavy atom. The van der Waals surface area contributed by atoms with Crippen molar-refractivity contribution in [1.82, 2.24) is 14.9 Å². The zero-order chi connectivity index (χ0) is 16.4. The molecule has 1 aliphatic heterocycles. The monoisotopic (exact) mass is 313 g/mol. The molecule has 1 aromatic rings. The fourth-order valence-electron chi connectivity index (χ4n) is 3.51. The molecule has 5 nitrogen and oxygen atoms in total. The maximum Gasteiger partial charge on any atom is 0.243 e. The van der Waals surface area contributed by atoms with E-state index in [0.717, 1.165) is 29.9 Å². The van der Waals surface area contributed by atoms with Crippen LogP contribution in [0.2, 0.25) is 0 Å². The second-order valence-electron chi connectivity index (χ2n) is 7.54. The van der Waals surface area contributed by atoms with Crippen LogP contribution in [-0.2, 0) is 0 Å². The van der Waals surface area contributed by atoms with Gasteiger partial charge in [0.25, 0.3) is 0 Å². The average Bonchev–Trinajstić information content (AvgIpc) is 2.96. The van der Waals surface area contributed by atoms with Crippen LogP contribution in [0, 0.1) is 19.3 Å². The van der Waals surface area contributed by atoms with Gasteiger partial charge in [-0.1, -0.05) is 13.8 Å².